The summed E-state index contributed by atoms with van der Waals surface area (Å²) in [6, 6.07) is 0. The minimum Gasteiger partial charge on any atom is -0.481 e. The SMILES string of the molecule is C[As](C)(=O)CCCCCCC/C=C\CCCCCCCC(=O)O. The van der Waals surface area contributed by atoms with Crippen molar-refractivity contribution in [3.63, 3.8) is 0 Å². The molecule has 0 aromatic heterocycles. The molecular weight excluding hydrogens is 351 g/mol. The molecule has 0 fully saturated rings. The first-order valence-corrected chi connectivity index (χ1v) is 15.2. The maximum absolute atomic E-state index is 11.6. The Hall–Kier alpha value is -0.432. The number of carbonyl (C=O) groups is 1. The van der Waals surface area contributed by atoms with Gasteiger partial charge >= 0.3 is 110 Å². The van der Waals surface area contributed by atoms with E-state index in [9.17, 15) is 8.53 Å². The number of hydrogen-bond acceptors (Lipinski definition) is 2. The van der Waals surface area contributed by atoms with Crippen molar-refractivity contribution in [2.75, 3.05) is 0 Å². The predicted molar refractivity (Wildman–Crippen MR) is 99.8 cm³/mol. The van der Waals surface area contributed by atoms with Crippen LogP contribution in [0.2, 0.25) is 16.6 Å². The molecular formula is C19H37AsO3. The Bertz CT molecular complexity index is 358. The Balaban J connectivity index is 3.17. The van der Waals surface area contributed by atoms with Crippen LogP contribution in [0.4, 0.5) is 0 Å². The molecule has 0 spiro atoms. The van der Waals surface area contributed by atoms with Crippen LogP contribution in [0.25, 0.3) is 0 Å². The molecule has 0 unspecified atom stereocenters. The van der Waals surface area contributed by atoms with E-state index in [0.29, 0.717) is 6.42 Å². The van der Waals surface area contributed by atoms with Crippen molar-refractivity contribution in [3.05, 3.63) is 12.2 Å². The standard InChI is InChI=1S/C19H37AsO3/c1-20(2,23)18-16-14-12-10-8-6-4-3-5-7-9-11-13-15-17-19(21)22/h3-4H,5-18H2,1-2H3,(H,21,22)/b4-3-. The van der Waals surface area contributed by atoms with Crippen LogP contribution in [0, 0.1) is 0 Å². The molecule has 0 saturated heterocycles. The van der Waals surface area contributed by atoms with E-state index in [0.717, 1.165) is 37.3 Å². The van der Waals surface area contributed by atoms with Gasteiger partial charge in [0.15, 0.2) is 0 Å². The molecule has 0 saturated carbocycles. The van der Waals surface area contributed by atoms with Crippen LogP contribution in [0.15, 0.2) is 12.2 Å². The second-order valence-electron chi connectivity index (χ2n) is 7.03. The van der Waals surface area contributed by atoms with E-state index in [4.69, 9.17) is 5.11 Å². The zero-order valence-corrected chi connectivity index (χ0v) is 17.1. The van der Waals surface area contributed by atoms with E-state index in [2.05, 4.69) is 12.2 Å². The molecule has 0 aliphatic carbocycles. The number of rotatable bonds is 16. The van der Waals surface area contributed by atoms with Crippen molar-refractivity contribution in [2.45, 2.75) is 100 Å². The second-order valence-corrected chi connectivity index (χ2v) is 14.6. The Morgan fingerprint density at radius 3 is 1.70 bits per heavy atom. The van der Waals surface area contributed by atoms with Crippen molar-refractivity contribution in [3.8, 4) is 0 Å². The molecule has 0 aromatic rings. The zero-order valence-electron chi connectivity index (χ0n) is 15.3. The summed E-state index contributed by atoms with van der Waals surface area (Å²) in [4.78, 5) is 10.4. The van der Waals surface area contributed by atoms with E-state index in [1.807, 2.05) is 11.4 Å². The molecule has 4 heteroatoms. The fraction of sp³-hybridized carbons (Fsp3) is 0.842. The summed E-state index contributed by atoms with van der Waals surface area (Å²) in [5, 5.41) is 9.50. The van der Waals surface area contributed by atoms with Gasteiger partial charge in [-0.05, 0) is 6.42 Å². The molecule has 3 nitrogen and oxygen atoms in total. The van der Waals surface area contributed by atoms with Gasteiger partial charge in [0.1, 0.15) is 0 Å². The monoisotopic (exact) mass is 388 g/mol. The minimum atomic E-state index is -2.36. The normalized spacial score (nSPS) is 12.1. The molecule has 0 rings (SSSR count). The van der Waals surface area contributed by atoms with Crippen molar-refractivity contribution < 1.29 is 13.6 Å². The fourth-order valence-electron chi connectivity index (χ4n) is 2.59. The number of carboxylic acid groups (broad SMARTS) is 1. The van der Waals surface area contributed by atoms with Gasteiger partial charge in [-0.2, -0.15) is 0 Å². The average Bonchev–Trinajstić information content (AvgIpc) is 2.45. The van der Waals surface area contributed by atoms with Crippen molar-refractivity contribution in [1.29, 1.82) is 0 Å². The number of hydrogen-bond donors (Lipinski definition) is 1. The van der Waals surface area contributed by atoms with E-state index < -0.39 is 19.5 Å². The molecule has 0 amide bonds. The van der Waals surface area contributed by atoms with Gasteiger partial charge in [0.2, 0.25) is 0 Å². The molecule has 0 aromatic carbocycles. The van der Waals surface area contributed by atoms with Crippen LogP contribution >= 0.6 is 0 Å². The van der Waals surface area contributed by atoms with Gasteiger partial charge in [0, 0.05) is 6.42 Å². The molecule has 0 bridgehead atoms. The molecule has 0 aliphatic heterocycles. The van der Waals surface area contributed by atoms with E-state index in [1.165, 1.54) is 44.9 Å². The third kappa shape index (κ3) is 21.6. The molecule has 136 valence electrons. The number of carboxylic acids is 1. The second kappa shape index (κ2) is 15.1. The molecule has 1 N–H and O–H groups in total. The summed E-state index contributed by atoms with van der Waals surface area (Å²) >= 11 is -2.36. The molecule has 0 aliphatic rings. The Morgan fingerprint density at radius 1 is 0.783 bits per heavy atom. The number of aliphatic carboxylic acids is 1. The third-order valence-corrected chi connectivity index (χ3v) is 6.92. The Morgan fingerprint density at radius 2 is 1.22 bits per heavy atom. The van der Waals surface area contributed by atoms with Crippen LogP contribution in [0.1, 0.15) is 83.5 Å². The van der Waals surface area contributed by atoms with E-state index in [-0.39, 0.29) is 0 Å². The third-order valence-electron chi connectivity index (χ3n) is 4.00. The van der Waals surface area contributed by atoms with Gasteiger partial charge in [-0.3, -0.25) is 4.79 Å². The van der Waals surface area contributed by atoms with Crippen molar-refractivity contribution >= 4 is 19.5 Å². The first-order valence-electron chi connectivity index (χ1n) is 9.32. The molecule has 23 heavy (non-hydrogen) atoms. The molecule has 0 atom stereocenters. The zero-order chi connectivity index (χ0) is 17.4. The van der Waals surface area contributed by atoms with Crippen molar-refractivity contribution in [1.82, 2.24) is 0 Å². The fourth-order valence-corrected chi connectivity index (χ4v) is 4.66. The van der Waals surface area contributed by atoms with Crippen LogP contribution in [-0.4, -0.2) is 24.6 Å². The van der Waals surface area contributed by atoms with Gasteiger partial charge in [0.05, 0.1) is 0 Å². The predicted octanol–water partition coefficient (Wildman–Crippen LogP) is 6.33. The van der Waals surface area contributed by atoms with Crippen LogP contribution < -0.4 is 0 Å². The summed E-state index contributed by atoms with van der Waals surface area (Å²) in [6.07, 6.45) is 18.9. The van der Waals surface area contributed by atoms with E-state index in [1.54, 1.807) is 0 Å². The van der Waals surface area contributed by atoms with E-state index >= 15 is 0 Å². The first kappa shape index (κ1) is 22.6. The quantitative estimate of drug-likeness (QED) is 0.191. The van der Waals surface area contributed by atoms with Gasteiger partial charge in [-0.15, -0.1) is 0 Å². The first-order chi connectivity index (χ1) is 10.9. The number of allylic oxidation sites excluding steroid dienone is 2. The van der Waals surface area contributed by atoms with Gasteiger partial charge in [-0.1, -0.05) is 12.8 Å². The van der Waals surface area contributed by atoms with Gasteiger partial charge < -0.3 is 5.11 Å². The summed E-state index contributed by atoms with van der Waals surface area (Å²) in [7, 11) is 0. The Kier molecular flexibility index (Phi) is 14.8. The Labute approximate surface area is 145 Å². The maximum atomic E-state index is 11.6. The topological polar surface area (TPSA) is 54.4 Å². The smallest absolute Gasteiger partial charge is 0.481 e. The van der Waals surface area contributed by atoms with Crippen LogP contribution in [0.5, 0.6) is 0 Å². The van der Waals surface area contributed by atoms with Gasteiger partial charge in [0.25, 0.3) is 0 Å². The van der Waals surface area contributed by atoms with Gasteiger partial charge in [-0.25, -0.2) is 0 Å². The number of unbranched alkanes of at least 4 members (excludes halogenated alkanes) is 10. The summed E-state index contributed by atoms with van der Waals surface area (Å²) in [5.41, 5.74) is 3.89. The summed E-state index contributed by atoms with van der Waals surface area (Å²) < 4.78 is 11.6. The van der Waals surface area contributed by atoms with Crippen LogP contribution in [-0.2, 0) is 8.53 Å². The summed E-state index contributed by atoms with van der Waals surface area (Å²) in [6.45, 7) is 0. The summed E-state index contributed by atoms with van der Waals surface area (Å²) in [5.74, 6) is -0.676. The average molecular weight is 388 g/mol. The minimum absolute atomic E-state index is 0.316. The van der Waals surface area contributed by atoms with Crippen LogP contribution in [0.3, 0.4) is 0 Å². The van der Waals surface area contributed by atoms with Crippen molar-refractivity contribution in [2.24, 2.45) is 0 Å². The molecule has 0 heterocycles. The molecule has 0 radical (unpaired) electrons.